The van der Waals surface area contributed by atoms with Crippen molar-refractivity contribution in [3.8, 4) is 0 Å². The molecule has 0 aromatic rings. The van der Waals surface area contributed by atoms with Crippen LogP contribution in [0.5, 0.6) is 0 Å². The second-order valence-corrected chi connectivity index (χ2v) is 6.03. The van der Waals surface area contributed by atoms with Crippen LogP contribution in [-0.2, 0) is 0 Å². The van der Waals surface area contributed by atoms with Gasteiger partial charge in [-0.15, -0.1) is 0 Å². The summed E-state index contributed by atoms with van der Waals surface area (Å²) in [6.07, 6.45) is 5.33. The molecule has 0 bridgehead atoms. The topological polar surface area (TPSA) is 32.3 Å². The molecular weight excluding hydrogens is 194 g/mol. The summed E-state index contributed by atoms with van der Waals surface area (Å²) in [5.74, 6) is 2.02. The first-order valence-electron chi connectivity index (χ1n) is 5.26. The van der Waals surface area contributed by atoms with E-state index in [1.807, 2.05) is 11.8 Å². The van der Waals surface area contributed by atoms with E-state index in [4.69, 9.17) is 0 Å². The maximum atomic E-state index is 10.8. The van der Waals surface area contributed by atoms with E-state index in [0.717, 1.165) is 18.7 Å². The van der Waals surface area contributed by atoms with Crippen LogP contribution in [0.4, 0.5) is 0 Å². The predicted molar refractivity (Wildman–Crippen MR) is 61.6 cm³/mol. The van der Waals surface area contributed by atoms with Gasteiger partial charge in [-0.05, 0) is 17.6 Å². The third-order valence-electron chi connectivity index (χ3n) is 3.66. The maximum absolute atomic E-state index is 10.8. The fraction of sp³-hybridized carbons (Fsp3) is 0.818. The van der Waals surface area contributed by atoms with E-state index in [2.05, 4.69) is 31.3 Å². The lowest BCUT2D eigenvalue weighted by Gasteiger charge is -2.49. The van der Waals surface area contributed by atoms with Crippen LogP contribution in [-0.4, -0.2) is 34.8 Å². The lowest BCUT2D eigenvalue weighted by molar-refractivity contribution is -0.0666. The molecule has 3 heteroatoms. The van der Waals surface area contributed by atoms with E-state index in [9.17, 15) is 5.11 Å². The van der Waals surface area contributed by atoms with Gasteiger partial charge in [-0.2, -0.15) is 11.8 Å². The Morgan fingerprint density at radius 2 is 2.29 bits per heavy atom. The molecule has 0 saturated carbocycles. The number of hydrogen-bond acceptors (Lipinski definition) is 3. The van der Waals surface area contributed by atoms with Gasteiger partial charge in [0.05, 0.1) is 11.6 Å². The van der Waals surface area contributed by atoms with E-state index >= 15 is 0 Å². The first-order valence-corrected chi connectivity index (χ1v) is 6.42. The van der Waals surface area contributed by atoms with Crippen LogP contribution in [0.3, 0.4) is 0 Å². The monoisotopic (exact) mass is 213 g/mol. The molecule has 0 radical (unpaired) electrons. The van der Waals surface area contributed by atoms with Crippen LogP contribution in [0, 0.1) is 5.41 Å². The Bertz CT molecular complexity index is 252. The molecular formula is C11H19NOS. The van der Waals surface area contributed by atoms with Crippen LogP contribution in [0.2, 0.25) is 0 Å². The zero-order chi connectivity index (χ0) is 10.2. The number of nitrogens with one attached hydrogen (secondary N) is 1. The summed E-state index contributed by atoms with van der Waals surface area (Å²) in [5.41, 5.74) is -0.562. The molecule has 2 nitrogen and oxygen atoms in total. The third-order valence-corrected chi connectivity index (χ3v) is 4.80. The standard InChI is InChI=1S/C11H19NOS/c1-10(2)5-7-14-8-11(10,13)9-4-3-6-12-9/h3-4,9,12-13H,5-8H2,1-2H3. The highest BCUT2D eigenvalue weighted by atomic mass is 32.2. The van der Waals surface area contributed by atoms with Gasteiger partial charge in [-0.1, -0.05) is 26.0 Å². The maximum Gasteiger partial charge on any atom is 0.0976 e. The smallest absolute Gasteiger partial charge is 0.0976 e. The minimum Gasteiger partial charge on any atom is -0.386 e. The summed E-state index contributed by atoms with van der Waals surface area (Å²) in [6, 6.07) is 0.144. The van der Waals surface area contributed by atoms with Gasteiger partial charge in [0.15, 0.2) is 0 Å². The SMILES string of the molecule is CC1(C)CCSCC1(O)C1C=CCN1. The normalized spacial score (nSPS) is 41.5. The Morgan fingerprint density at radius 1 is 1.50 bits per heavy atom. The van der Waals surface area contributed by atoms with E-state index in [1.165, 1.54) is 5.75 Å². The minimum absolute atomic E-state index is 0.0184. The summed E-state index contributed by atoms with van der Waals surface area (Å²) < 4.78 is 0. The summed E-state index contributed by atoms with van der Waals surface area (Å²) >= 11 is 1.87. The molecule has 0 aliphatic carbocycles. The predicted octanol–water partition coefficient (Wildman–Crippen LogP) is 1.41. The van der Waals surface area contributed by atoms with Crippen LogP contribution in [0.15, 0.2) is 12.2 Å². The van der Waals surface area contributed by atoms with E-state index in [1.54, 1.807) is 0 Å². The Hall–Kier alpha value is 0.01000. The van der Waals surface area contributed by atoms with Crippen molar-refractivity contribution in [2.75, 3.05) is 18.1 Å². The second-order valence-electron chi connectivity index (χ2n) is 4.92. The summed E-state index contributed by atoms with van der Waals surface area (Å²) in [4.78, 5) is 0. The second kappa shape index (κ2) is 3.54. The molecule has 2 N–H and O–H groups in total. The molecule has 1 saturated heterocycles. The van der Waals surface area contributed by atoms with Crippen molar-refractivity contribution >= 4 is 11.8 Å². The lowest BCUT2D eigenvalue weighted by atomic mass is 9.70. The highest BCUT2D eigenvalue weighted by Crippen LogP contribution is 2.44. The summed E-state index contributed by atoms with van der Waals surface area (Å²) in [6.45, 7) is 5.26. The Labute approximate surface area is 90.2 Å². The van der Waals surface area contributed by atoms with Gasteiger partial charge in [0, 0.05) is 12.3 Å². The molecule has 0 aromatic heterocycles. The summed E-state index contributed by atoms with van der Waals surface area (Å²) in [5, 5.41) is 14.1. The molecule has 2 heterocycles. The highest BCUT2D eigenvalue weighted by Gasteiger charge is 2.50. The molecule has 1 fully saturated rings. The van der Waals surface area contributed by atoms with Gasteiger partial charge >= 0.3 is 0 Å². The molecule has 0 aromatic carbocycles. The lowest BCUT2D eigenvalue weighted by Crippen LogP contribution is -2.60. The van der Waals surface area contributed by atoms with Crippen LogP contribution < -0.4 is 5.32 Å². The van der Waals surface area contributed by atoms with Crippen molar-refractivity contribution in [3.05, 3.63) is 12.2 Å². The largest absolute Gasteiger partial charge is 0.386 e. The Morgan fingerprint density at radius 3 is 2.86 bits per heavy atom. The van der Waals surface area contributed by atoms with Gasteiger partial charge in [0.1, 0.15) is 0 Å². The van der Waals surface area contributed by atoms with Crippen molar-refractivity contribution in [2.24, 2.45) is 5.41 Å². The fourth-order valence-electron chi connectivity index (χ4n) is 2.27. The van der Waals surface area contributed by atoms with Crippen molar-refractivity contribution in [2.45, 2.75) is 31.9 Å². The van der Waals surface area contributed by atoms with Gasteiger partial charge in [0.25, 0.3) is 0 Å². The van der Waals surface area contributed by atoms with Crippen LogP contribution in [0.1, 0.15) is 20.3 Å². The van der Waals surface area contributed by atoms with E-state index in [0.29, 0.717) is 0 Å². The molecule has 0 amide bonds. The van der Waals surface area contributed by atoms with E-state index in [-0.39, 0.29) is 11.5 Å². The fourth-order valence-corrected chi connectivity index (χ4v) is 3.95. The first-order chi connectivity index (χ1) is 6.56. The van der Waals surface area contributed by atoms with Gasteiger partial charge in [-0.3, -0.25) is 0 Å². The van der Waals surface area contributed by atoms with Gasteiger partial charge in [-0.25, -0.2) is 0 Å². The van der Waals surface area contributed by atoms with Crippen LogP contribution >= 0.6 is 11.8 Å². The quantitative estimate of drug-likeness (QED) is 0.646. The number of aliphatic hydroxyl groups is 1. The summed E-state index contributed by atoms with van der Waals surface area (Å²) in [7, 11) is 0. The molecule has 80 valence electrons. The highest BCUT2D eigenvalue weighted by molar-refractivity contribution is 7.99. The number of hydrogen-bond donors (Lipinski definition) is 2. The van der Waals surface area contributed by atoms with Gasteiger partial charge < -0.3 is 10.4 Å². The average Bonchev–Trinajstić information content (AvgIpc) is 2.63. The minimum atomic E-state index is -0.580. The van der Waals surface area contributed by atoms with Crippen molar-refractivity contribution < 1.29 is 5.11 Å². The number of thioether (sulfide) groups is 1. The van der Waals surface area contributed by atoms with Gasteiger partial charge in [0.2, 0.25) is 0 Å². The zero-order valence-corrected chi connectivity index (χ0v) is 9.73. The molecule has 2 aliphatic rings. The molecule has 0 spiro atoms. The van der Waals surface area contributed by atoms with Crippen molar-refractivity contribution in [1.29, 1.82) is 0 Å². The Balaban J connectivity index is 2.22. The van der Waals surface area contributed by atoms with Crippen molar-refractivity contribution in [3.63, 3.8) is 0 Å². The number of rotatable bonds is 1. The first kappa shape index (κ1) is 10.5. The molecule has 14 heavy (non-hydrogen) atoms. The van der Waals surface area contributed by atoms with E-state index < -0.39 is 5.60 Å². The average molecular weight is 213 g/mol. The molecule has 2 aliphatic heterocycles. The van der Waals surface area contributed by atoms with Crippen LogP contribution in [0.25, 0.3) is 0 Å². The molecule has 2 unspecified atom stereocenters. The Kier molecular flexibility index (Phi) is 2.66. The zero-order valence-electron chi connectivity index (χ0n) is 8.92. The van der Waals surface area contributed by atoms with Crippen molar-refractivity contribution in [1.82, 2.24) is 5.32 Å². The molecule has 2 rings (SSSR count). The third kappa shape index (κ3) is 1.51. The molecule has 2 atom stereocenters.